The Hall–Kier alpha value is -1.91. The van der Waals surface area contributed by atoms with E-state index in [0.29, 0.717) is 17.2 Å². The third-order valence-electron chi connectivity index (χ3n) is 1.99. The third-order valence-corrected chi connectivity index (χ3v) is 1.99. The topological polar surface area (TPSA) is 49.3 Å². The summed E-state index contributed by atoms with van der Waals surface area (Å²) in [4.78, 5) is 4.60. The summed E-state index contributed by atoms with van der Waals surface area (Å²) in [5, 5.41) is 3.67. The molecule has 1 heterocycles. The van der Waals surface area contributed by atoms with Crippen LogP contribution in [0.3, 0.4) is 0 Å². The molecule has 1 aliphatic rings. The highest BCUT2D eigenvalue weighted by atomic mass is 16.7. The molecule has 2 rings (SSSR count). The lowest BCUT2D eigenvalue weighted by atomic mass is 10.2. The zero-order valence-electron chi connectivity index (χ0n) is 8.52. The van der Waals surface area contributed by atoms with Crippen LogP contribution >= 0.6 is 0 Å². The molecule has 1 aromatic carbocycles. The van der Waals surface area contributed by atoms with Crippen LogP contribution < -0.4 is 14.2 Å². The molecule has 5 heteroatoms. The van der Waals surface area contributed by atoms with Crippen LogP contribution in [0.4, 0.5) is 0 Å². The average Bonchev–Trinajstić information content (AvgIpc) is 2.73. The predicted octanol–water partition coefficient (Wildman–Crippen LogP) is 1.40. The van der Waals surface area contributed by atoms with Gasteiger partial charge in [0.2, 0.25) is 12.5 Å². The van der Waals surface area contributed by atoms with Gasteiger partial charge in [-0.2, -0.15) is 0 Å². The Morgan fingerprint density at radius 1 is 1.33 bits per heavy atom. The summed E-state index contributed by atoms with van der Waals surface area (Å²) < 4.78 is 15.7. The fourth-order valence-electron chi connectivity index (χ4n) is 1.34. The van der Waals surface area contributed by atoms with E-state index in [1.165, 1.54) is 7.11 Å². The van der Waals surface area contributed by atoms with Crippen LogP contribution in [0.2, 0.25) is 0 Å². The van der Waals surface area contributed by atoms with E-state index in [1.807, 2.05) is 6.07 Å². The zero-order chi connectivity index (χ0) is 10.7. The van der Waals surface area contributed by atoms with Crippen molar-refractivity contribution in [2.24, 2.45) is 5.16 Å². The van der Waals surface area contributed by atoms with E-state index in [-0.39, 0.29) is 6.79 Å². The van der Waals surface area contributed by atoms with Crippen LogP contribution in [0.5, 0.6) is 17.2 Å². The van der Waals surface area contributed by atoms with Gasteiger partial charge in [-0.25, -0.2) is 0 Å². The first-order chi connectivity index (χ1) is 7.35. The van der Waals surface area contributed by atoms with Crippen molar-refractivity contribution in [2.45, 2.75) is 0 Å². The van der Waals surface area contributed by atoms with E-state index >= 15 is 0 Å². The SMILES string of the molecule is CO/N=C/c1cc(OC)c2c(c1)OCO2. The summed E-state index contributed by atoms with van der Waals surface area (Å²) >= 11 is 0. The first-order valence-corrected chi connectivity index (χ1v) is 4.39. The number of ether oxygens (including phenoxy) is 3. The summed E-state index contributed by atoms with van der Waals surface area (Å²) in [5.41, 5.74) is 0.831. The van der Waals surface area contributed by atoms with Crippen molar-refractivity contribution in [1.82, 2.24) is 0 Å². The molecule has 1 aromatic rings. The van der Waals surface area contributed by atoms with Crippen LogP contribution in [0.15, 0.2) is 17.3 Å². The minimum absolute atomic E-state index is 0.219. The summed E-state index contributed by atoms with van der Waals surface area (Å²) in [6.07, 6.45) is 1.57. The fraction of sp³-hybridized carbons (Fsp3) is 0.300. The largest absolute Gasteiger partial charge is 0.493 e. The summed E-state index contributed by atoms with van der Waals surface area (Å²) in [7, 11) is 3.06. The number of hydrogen-bond acceptors (Lipinski definition) is 5. The molecule has 0 fully saturated rings. The zero-order valence-corrected chi connectivity index (χ0v) is 8.52. The van der Waals surface area contributed by atoms with E-state index in [2.05, 4.69) is 9.99 Å². The van der Waals surface area contributed by atoms with Crippen molar-refractivity contribution in [3.05, 3.63) is 17.7 Å². The quantitative estimate of drug-likeness (QED) is 0.557. The van der Waals surface area contributed by atoms with E-state index in [0.717, 1.165) is 5.56 Å². The number of benzene rings is 1. The molecule has 0 saturated heterocycles. The summed E-state index contributed by atoms with van der Waals surface area (Å²) in [5.74, 6) is 1.92. The van der Waals surface area contributed by atoms with Crippen molar-refractivity contribution in [1.29, 1.82) is 0 Å². The Labute approximate surface area is 87.2 Å². The van der Waals surface area contributed by atoms with Crippen molar-refractivity contribution in [3.63, 3.8) is 0 Å². The lowest BCUT2D eigenvalue weighted by molar-refractivity contribution is 0.171. The van der Waals surface area contributed by atoms with E-state index < -0.39 is 0 Å². The highest BCUT2D eigenvalue weighted by Gasteiger charge is 2.19. The standard InChI is InChI=1S/C10H11NO4/c1-12-8-3-7(5-11-13-2)4-9-10(8)15-6-14-9/h3-5H,6H2,1-2H3/b11-5+. The molecule has 0 N–H and O–H groups in total. The predicted molar refractivity (Wildman–Crippen MR) is 53.7 cm³/mol. The van der Waals surface area contributed by atoms with Gasteiger partial charge in [0.05, 0.1) is 13.3 Å². The van der Waals surface area contributed by atoms with Gasteiger partial charge in [-0.1, -0.05) is 5.16 Å². The Balaban J connectivity index is 2.39. The van der Waals surface area contributed by atoms with Crippen LogP contribution in [0, 0.1) is 0 Å². The van der Waals surface area contributed by atoms with E-state index in [4.69, 9.17) is 14.2 Å². The van der Waals surface area contributed by atoms with Gasteiger partial charge in [0.15, 0.2) is 11.5 Å². The van der Waals surface area contributed by atoms with E-state index in [1.54, 1.807) is 19.4 Å². The van der Waals surface area contributed by atoms with Gasteiger partial charge in [0.1, 0.15) is 7.11 Å². The smallest absolute Gasteiger partial charge is 0.231 e. The van der Waals surface area contributed by atoms with E-state index in [9.17, 15) is 0 Å². The summed E-state index contributed by atoms with van der Waals surface area (Å²) in [6.45, 7) is 0.219. The Morgan fingerprint density at radius 2 is 2.20 bits per heavy atom. The molecule has 15 heavy (non-hydrogen) atoms. The second kappa shape index (κ2) is 4.08. The molecule has 1 aliphatic heterocycles. The molecule has 80 valence electrons. The number of oxime groups is 1. The summed E-state index contributed by atoms with van der Waals surface area (Å²) in [6, 6.07) is 3.61. The second-order valence-corrected chi connectivity index (χ2v) is 2.87. The van der Waals surface area contributed by atoms with Crippen LogP contribution in [-0.4, -0.2) is 27.2 Å². The van der Waals surface area contributed by atoms with Crippen molar-refractivity contribution >= 4 is 6.21 Å². The number of hydrogen-bond donors (Lipinski definition) is 0. The molecule has 0 aromatic heterocycles. The molecule has 0 radical (unpaired) electrons. The van der Waals surface area contributed by atoms with Crippen LogP contribution in [0.1, 0.15) is 5.56 Å². The van der Waals surface area contributed by atoms with Crippen LogP contribution in [0.25, 0.3) is 0 Å². The molecule has 0 unspecified atom stereocenters. The molecule has 0 amide bonds. The van der Waals surface area contributed by atoms with Gasteiger partial charge in [0, 0.05) is 5.56 Å². The molecule has 0 bridgehead atoms. The molecular weight excluding hydrogens is 198 g/mol. The first-order valence-electron chi connectivity index (χ1n) is 4.39. The monoisotopic (exact) mass is 209 g/mol. The maximum absolute atomic E-state index is 5.26. The Kier molecular flexibility index (Phi) is 2.62. The molecule has 0 atom stereocenters. The maximum Gasteiger partial charge on any atom is 0.231 e. The average molecular weight is 209 g/mol. The van der Waals surface area contributed by atoms with Crippen molar-refractivity contribution in [3.8, 4) is 17.2 Å². The van der Waals surface area contributed by atoms with Gasteiger partial charge >= 0.3 is 0 Å². The molecule has 0 saturated carbocycles. The molecule has 0 aliphatic carbocycles. The van der Waals surface area contributed by atoms with Gasteiger partial charge in [-0.15, -0.1) is 0 Å². The number of rotatable bonds is 3. The lowest BCUT2D eigenvalue weighted by Crippen LogP contribution is -1.93. The minimum atomic E-state index is 0.219. The highest BCUT2D eigenvalue weighted by Crippen LogP contribution is 2.41. The van der Waals surface area contributed by atoms with Gasteiger partial charge < -0.3 is 19.0 Å². The van der Waals surface area contributed by atoms with Gasteiger partial charge in [-0.05, 0) is 12.1 Å². The number of methoxy groups -OCH3 is 1. The van der Waals surface area contributed by atoms with Crippen molar-refractivity contribution < 1.29 is 19.0 Å². The lowest BCUT2D eigenvalue weighted by Gasteiger charge is -2.05. The minimum Gasteiger partial charge on any atom is -0.493 e. The molecular formula is C10H11NO4. The first kappa shape index (κ1) is 9.64. The number of nitrogens with zero attached hydrogens (tertiary/aromatic N) is 1. The fourth-order valence-corrected chi connectivity index (χ4v) is 1.34. The maximum atomic E-state index is 5.26. The third kappa shape index (κ3) is 1.81. The Morgan fingerprint density at radius 3 is 2.93 bits per heavy atom. The van der Waals surface area contributed by atoms with Crippen molar-refractivity contribution in [2.75, 3.05) is 21.0 Å². The molecule has 0 spiro atoms. The number of fused-ring (bicyclic) bond motifs is 1. The van der Waals surface area contributed by atoms with Crippen LogP contribution in [-0.2, 0) is 4.84 Å². The normalized spacial score (nSPS) is 13.2. The second-order valence-electron chi connectivity index (χ2n) is 2.87. The van der Waals surface area contributed by atoms with Gasteiger partial charge in [0.25, 0.3) is 0 Å². The Bertz CT molecular complexity index is 389. The van der Waals surface area contributed by atoms with Gasteiger partial charge in [-0.3, -0.25) is 0 Å². The molecule has 5 nitrogen and oxygen atoms in total. The highest BCUT2D eigenvalue weighted by molar-refractivity contribution is 5.82.